The van der Waals surface area contributed by atoms with E-state index in [-0.39, 0.29) is 10.8 Å². The summed E-state index contributed by atoms with van der Waals surface area (Å²) in [4.78, 5) is 23.0. The minimum absolute atomic E-state index is 0.00951. The van der Waals surface area contributed by atoms with Crippen LogP contribution in [0, 0.1) is 0 Å². The van der Waals surface area contributed by atoms with Gasteiger partial charge in [0.25, 0.3) is 5.91 Å². The molecule has 0 fully saturated rings. The highest BCUT2D eigenvalue weighted by molar-refractivity contribution is 9.10. The van der Waals surface area contributed by atoms with Crippen LogP contribution in [0.25, 0.3) is 0 Å². The number of sulfonamides is 1. The second-order valence-electron chi connectivity index (χ2n) is 5.81. The van der Waals surface area contributed by atoms with Crippen molar-refractivity contribution in [3.8, 4) is 0 Å². The van der Waals surface area contributed by atoms with E-state index in [9.17, 15) is 18.0 Å². The molecule has 0 aliphatic rings. The van der Waals surface area contributed by atoms with Crippen molar-refractivity contribution in [2.45, 2.75) is 11.8 Å². The van der Waals surface area contributed by atoms with Gasteiger partial charge in [-0.1, -0.05) is 28.1 Å². The van der Waals surface area contributed by atoms with E-state index in [1.807, 2.05) is 12.1 Å². The maximum absolute atomic E-state index is 12.5. The normalized spacial score (nSPS) is 11.6. The Hall–Kier alpha value is -2.56. The number of hydrazone groups is 1. The molecule has 0 unspecified atom stereocenters. The zero-order valence-electron chi connectivity index (χ0n) is 15.2. The van der Waals surface area contributed by atoms with Crippen LogP contribution in [0.2, 0.25) is 0 Å². The lowest BCUT2D eigenvalue weighted by Gasteiger charge is -2.16. The average Bonchev–Trinajstić information content (AvgIpc) is 2.63. The number of hydrogen-bond acceptors (Lipinski definition) is 5. The van der Waals surface area contributed by atoms with Gasteiger partial charge in [-0.2, -0.15) is 9.41 Å². The molecule has 0 saturated carbocycles. The van der Waals surface area contributed by atoms with Gasteiger partial charge in [0.15, 0.2) is 0 Å². The minimum atomic E-state index is -3.86. The van der Waals surface area contributed by atoms with Crippen LogP contribution in [0.5, 0.6) is 0 Å². The molecular weight excluding hydrogens is 448 g/mol. The quantitative estimate of drug-likeness (QED) is 0.481. The van der Waals surface area contributed by atoms with Gasteiger partial charge in [-0.15, -0.1) is 0 Å². The number of anilines is 1. The van der Waals surface area contributed by atoms with Crippen molar-refractivity contribution < 1.29 is 18.0 Å². The second kappa shape index (κ2) is 9.58. The number of likely N-dealkylation sites (N-methyl/N-ethyl adjacent to an activating group) is 1. The summed E-state index contributed by atoms with van der Waals surface area (Å²) in [7, 11) is -2.56. The zero-order valence-corrected chi connectivity index (χ0v) is 17.6. The lowest BCUT2D eigenvalue weighted by Crippen LogP contribution is -2.36. The Morgan fingerprint density at radius 1 is 1.11 bits per heavy atom. The van der Waals surface area contributed by atoms with Gasteiger partial charge in [-0.25, -0.2) is 13.8 Å². The molecule has 148 valence electrons. The van der Waals surface area contributed by atoms with Crippen molar-refractivity contribution in [3.05, 3.63) is 58.6 Å². The van der Waals surface area contributed by atoms with E-state index in [1.165, 1.54) is 44.5 Å². The topological polar surface area (TPSA) is 108 Å². The summed E-state index contributed by atoms with van der Waals surface area (Å²) in [5, 5.41) is 6.37. The molecule has 0 aliphatic heterocycles. The molecule has 2 aromatic carbocycles. The molecule has 2 rings (SSSR count). The van der Waals surface area contributed by atoms with Gasteiger partial charge in [0.05, 0.1) is 17.7 Å². The first kappa shape index (κ1) is 21.7. The Morgan fingerprint density at radius 2 is 1.71 bits per heavy atom. The van der Waals surface area contributed by atoms with E-state index in [1.54, 1.807) is 12.1 Å². The van der Waals surface area contributed by atoms with Gasteiger partial charge in [0, 0.05) is 24.1 Å². The standard InChI is InChI=1S/C18H19BrN4O4S/c1-13(24)21-16-7-9-17(10-8-16)28(26,27)23(2)12-18(25)22-20-11-14-3-5-15(19)6-4-14/h3-11H,12H2,1-2H3,(H,21,24)(H,22,25)/b20-11-. The number of benzene rings is 2. The summed E-state index contributed by atoms with van der Waals surface area (Å²) in [6, 6.07) is 13.0. The van der Waals surface area contributed by atoms with Crippen molar-refractivity contribution in [2.75, 3.05) is 18.9 Å². The Morgan fingerprint density at radius 3 is 2.29 bits per heavy atom. The number of hydrogen-bond donors (Lipinski definition) is 2. The van der Waals surface area contributed by atoms with Crippen LogP contribution in [-0.4, -0.2) is 44.3 Å². The molecule has 2 aromatic rings. The number of carbonyl (C=O) groups excluding carboxylic acids is 2. The van der Waals surface area contributed by atoms with E-state index >= 15 is 0 Å². The Balaban J connectivity index is 1.96. The van der Waals surface area contributed by atoms with Gasteiger partial charge in [-0.05, 0) is 42.0 Å². The Bertz CT molecular complexity index is 974. The molecule has 10 heteroatoms. The summed E-state index contributed by atoms with van der Waals surface area (Å²) in [6.07, 6.45) is 1.46. The molecule has 28 heavy (non-hydrogen) atoms. The fourth-order valence-corrected chi connectivity index (χ4v) is 3.54. The molecule has 0 atom stereocenters. The second-order valence-corrected chi connectivity index (χ2v) is 8.77. The summed E-state index contributed by atoms with van der Waals surface area (Å²) in [6.45, 7) is 0.962. The molecule has 0 bridgehead atoms. The van der Waals surface area contributed by atoms with Crippen LogP contribution in [0.4, 0.5) is 5.69 Å². The Labute approximate surface area is 171 Å². The smallest absolute Gasteiger partial charge is 0.255 e. The SMILES string of the molecule is CC(=O)Nc1ccc(S(=O)(=O)N(C)CC(=O)N/N=C\c2ccc(Br)cc2)cc1. The number of carbonyl (C=O) groups is 2. The Kier molecular flexibility index (Phi) is 7.44. The average molecular weight is 467 g/mol. The van der Waals surface area contributed by atoms with Crippen molar-refractivity contribution in [1.82, 2.24) is 9.73 Å². The maximum atomic E-state index is 12.5. The van der Waals surface area contributed by atoms with Crippen molar-refractivity contribution in [2.24, 2.45) is 5.10 Å². The van der Waals surface area contributed by atoms with Crippen molar-refractivity contribution >= 4 is 49.7 Å². The van der Waals surface area contributed by atoms with Gasteiger partial charge < -0.3 is 5.32 Å². The zero-order chi connectivity index (χ0) is 20.7. The monoisotopic (exact) mass is 466 g/mol. The summed E-state index contributed by atoms with van der Waals surface area (Å²) >= 11 is 3.32. The third-order valence-electron chi connectivity index (χ3n) is 3.52. The summed E-state index contributed by atoms with van der Waals surface area (Å²) in [5.41, 5.74) is 3.56. The lowest BCUT2D eigenvalue weighted by atomic mass is 10.2. The third kappa shape index (κ3) is 6.25. The number of rotatable bonds is 7. The number of nitrogens with one attached hydrogen (secondary N) is 2. The molecule has 8 nitrogen and oxygen atoms in total. The van der Waals surface area contributed by atoms with Crippen molar-refractivity contribution in [1.29, 1.82) is 0 Å². The first-order chi connectivity index (χ1) is 13.2. The number of amides is 2. The number of halogens is 1. The summed E-state index contributed by atoms with van der Waals surface area (Å²) in [5.74, 6) is -0.831. The van der Waals surface area contributed by atoms with Gasteiger partial charge >= 0.3 is 0 Å². The van der Waals surface area contributed by atoms with Crippen LogP contribution in [0.15, 0.2) is 63.0 Å². The lowest BCUT2D eigenvalue weighted by molar-refractivity contribution is -0.121. The highest BCUT2D eigenvalue weighted by Gasteiger charge is 2.22. The first-order valence-corrected chi connectivity index (χ1v) is 10.3. The van der Waals surface area contributed by atoms with E-state index in [4.69, 9.17) is 0 Å². The van der Waals surface area contributed by atoms with E-state index in [2.05, 4.69) is 31.8 Å². The molecule has 0 spiro atoms. The largest absolute Gasteiger partial charge is 0.326 e. The molecule has 0 saturated heterocycles. The predicted octanol–water partition coefficient (Wildman–Crippen LogP) is 2.18. The molecule has 2 amide bonds. The van der Waals surface area contributed by atoms with Gasteiger partial charge in [-0.3, -0.25) is 9.59 Å². The minimum Gasteiger partial charge on any atom is -0.326 e. The van der Waals surface area contributed by atoms with Crippen LogP contribution in [0.3, 0.4) is 0 Å². The predicted molar refractivity (Wildman–Crippen MR) is 110 cm³/mol. The van der Waals surface area contributed by atoms with Gasteiger partial charge in [0.1, 0.15) is 0 Å². The summed E-state index contributed by atoms with van der Waals surface area (Å²) < 4.78 is 26.9. The van der Waals surface area contributed by atoms with Crippen LogP contribution in [0.1, 0.15) is 12.5 Å². The van der Waals surface area contributed by atoms with Crippen molar-refractivity contribution in [3.63, 3.8) is 0 Å². The van der Waals surface area contributed by atoms with Gasteiger partial charge in [0.2, 0.25) is 15.9 Å². The van der Waals surface area contributed by atoms with Crippen LogP contribution < -0.4 is 10.7 Å². The van der Waals surface area contributed by atoms with Crippen LogP contribution >= 0.6 is 15.9 Å². The molecule has 0 aliphatic carbocycles. The molecule has 2 N–H and O–H groups in total. The highest BCUT2D eigenvalue weighted by atomic mass is 79.9. The fraction of sp³-hybridized carbons (Fsp3) is 0.167. The molecule has 0 aromatic heterocycles. The van der Waals surface area contributed by atoms with E-state index in [0.717, 1.165) is 14.3 Å². The van der Waals surface area contributed by atoms with E-state index < -0.39 is 22.5 Å². The van der Waals surface area contributed by atoms with E-state index in [0.29, 0.717) is 5.69 Å². The first-order valence-electron chi connectivity index (χ1n) is 8.10. The highest BCUT2D eigenvalue weighted by Crippen LogP contribution is 2.17. The van der Waals surface area contributed by atoms with Crippen LogP contribution in [-0.2, 0) is 19.6 Å². The fourth-order valence-electron chi connectivity index (χ4n) is 2.14. The number of nitrogens with zero attached hydrogens (tertiary/aromatic N) is 2. The molecular formula is C18H19BrN4O4S. The molecule has 0 radical (unpaired) electrons. The third-order valence-corrected chi connectivity index (χ3v) is 5.87. The maximum Gasteiger partial charge on any atom is 0.255 e. The molecule has 0 heterocycles.